The number of hydrogen-bond acceptors (Lipinski definition) is 0. The molecule has 16 heavy (non-hydrogen) atoms. The van der Waals surface area contributed by atoms with Crippen molar-refractivity contribution in [2.45, 2.75) is 46.4 Å². The van der Waals surface area contributed by atoms with E-state index in [0.29, 0.717) is 0 Å². The Morgan fingerprint density at radius 1 is 0.500 bits per heavy atom. The summed E-state index contributed by atoms with van der Waals surface area (Å²) in [5.74, 6) is 6.99. The van der Waals surface area contributed by atoms with Crippen molar-refractivity contribution < 1.29 is 0 Å². The summed E-state index contributed by atoms with van der Waals surface area (Å²) in [6.45, 7) is 0. The van der Waals surface area contributed by atoms with Crippen LogP contribution in [-0.2, 0) is 0 Å². The van der Waals surface area contributed by atoms with Crippen molar-refractivity contribution in [3.05, 3.63) is 0 Å². The molecule has 90 valence electrons. The van der Waals surface area contributed by atoms with E-state index in [9.17, 15) is 0 Å². The number of rotatable bonds is 1. The topological polar surface area (TPSA) is 0 Å². The maximum atomic E-state index is 2.70. The number of hydrogen-bond donors (Lipinski definition) is 0. The standard InChI is InChI=1S/C14H20I2/c15-9-1-7-3-13(11(7)5-9)14-4-8-2-10(16)6-12(8)14/h7-14H,1-6H2/t7-,8?,9?,10+,11?,12+,13?,14?/m1/s1. The van der Waals surface area contributed by atoms with E-state index >= 15 is 0 Å². The smallest absolute Gasteiger partial charge is 0.0115 e. The molecular formula is C14H20I2. The maximum absolute atomic E-state index is 2.70. The van der Waals surface area contributed by atoms with Gasteiger partial charge in [0.25, 0.3) is 0 Å². The highest BCUT2D eigenvalue weighted by Gasteiger charge is 2.57. The van der Waals surface area contributed by atoms with Crippen LogP contribution in [0.5, 0.6) is 0 Å². The zero-order chi connectivity index (χ0) is 10.9. The molecule has 0 aromatic carbocycles. The monoisotopic (exact) mass is 442 g/mol. The van der Waals surface area contributed by atoms with Crippen LogP contribution in [0, 0.1) is 35.5 Å². The number of fused-ring (bicyclic) bond motifs is 2. The quantitative estimate of drug-likeness (QED) is 0.409. The summed E-state index contributed by atoms with van der Waals surface area (Å²) in [6.07, 6.45) is 9.47. The van der Waals surface area contributed by atoms with Gasteiger partial charge < -0.3 is 0 Å². The molecule has 0 aliphatic heterocycles. The van der Waals surface area contributed by atoms with E-state index in [2.05, 4.69) is 45.2 Å². The van der Waals surface area contributed by atoms with Crippen molar-refractivity contribution in [1.82, 2.24) is 0 Å². The molecule has 2 heteroatoms. The third-order valence-electron chi connectivity index (χ3n) is 6.18. The Morgan fingerprint density at radius 3 is 1.31 bits per heavy atom. The van der Waals surface area contributed by atoms with Gasteiger partial charge in [-0.3, -0.25) is 0 Å². The van der Waals surface area contributed by atoms with E-state index in [1.54, 1.807) is 38.5 Å². The van der Waals surface area contributed by atoms with Crippen LogP contribution in [0.4, 0.5) is 0 Å². The second-order valence-corrected chi connectivity index (χ2v) is 10.3. The SMILES string of the molecule is IC1CC2C(C3CC4C[C@H](I)C[C@@H]43)C[C@H]2C1. The fraction of sp³-hybridized carbons (Fsp3) is 1.00. The Labute approximate surface area is 126 Å². The maximum Gasteiger partial charge on any atom is 0.0115 e. The first kappa shape index (κ1) is 11.3. The lowest BCUT2D eigenvalue weighted by molar-refractivity contribution is -0.0511. The highest BCUT2D eigenvalue weighted by molar-refractivity contribution is 14.1. The fourth-order valence-corrected chi connectivity index (χ4v) is 7.89. The highest BCUT2D eigenvalue weighted by atomic mass is 127. The Bertz CT molecular complexity index is 273. The van der Waals surface area contributed by atoms with Gasteiger partial charge >= 0.3 is 0 Å². The van der Waals surface area contributed by atoms with Crippen molar-refractivity contribution in [1.29, 1.82) is 0 Å². The van der Waals surface area contributed by atoms with E-state index in [4.69, 9.17) is 0 Å². The first-order valence-electron chi connectivity index (χ1n) is 7.00. The summed E-state index contributed by atoms with van der Waals surface area (Å²) < 4.78 is 2.05. The van der Waals surface area contributed by atoms with Crippen molar-refractivity contribution in [3.63, 3.8) is 0 Å². The number of alkyl halides is 2. The van der Waals surface area contributed by atoms with Crippen molar-refractivity contribution >= 4 is 45.2 Å². The van der Waals surface area contributed by atoms with Crippen molar-refractivity contribution in [3.8, 4) is 0 Å². The zero-order valence-electron chi connectivity index (χ0n) is 9.62. The van der Waals surface area contributed by atoms with Crippen LogP contribution in [0.3, 0.4) is 0 Å². The van der Waals surface area contributed by atoms with Crippen molar-refractivity contribution in [2.75, 3.05) is 0 Å². The Hall–Kier alpha value is 1.46. The molecule has 0 N–H and O–H groups in total. The molecule has 4 saturated carbocycles. The lowest BCUT2D eigenvalue weighted by atomic mass is 9.51. The van der Waals surface area contributed by atoms with Gasteiger partial charge in [-0.05, 0) is 74.0 Å². The van der Waals surface area contributed by atoms with E-state index in [0.717, 1.165) is 19.7 Å². The summed E-state index contributed by atoms with van der Waals surface area (Å²) in [5.41, 5.74) is 0. The van der Waals surface area contributed by atoms with Crippen LogP contribution >= 0.6 is 45.2 Å². The molecule has 4 aliphatic rings. The van der Waals surface area contributed by atoms with Gasteiger partial charge in [-0.15, -0.1) is 0 Å². The van der Waals surface area contributed by atoms with E-state index in [1.165, 1.54) is 23.7 Å². The molecule has 0 heterocycles. The molecule has 4 rings (SSSR count). The van der Waals surface area contributed by atoms with Crippen LogP contribution in [-0.4, -0.2) is 7.85 Å². The molecular weight excluding hydrogens is 422 g/mol. The summed E-state index contributed by atoms with van der Waals surface area (Å²) in [7, 11) is 0. The van der Waals surface area contributed by atoms with E-state index in [1.807, 2.05) is 0 Å². The average molecular weight is 442 g/mol. The second kappa shape index (κ2) is 3.97. The summed E-state index contributed by atoms with van der Waals surface area (Å²) in [5, 5.41) is 0. The van der Waals surface area contributed by atoms with Gasteiger partial charge in [0.2, 0.25) is 0 Å². The summed E-state index contributed by atoms with van der Waals surface area (Å²) in [4.78, 5) is 0. The molecule has 0 bridgehead atoms. The van der Waals surface area contributed by atoms with Crippen LogP contribution in [0.15, 0.2) is 0 Å². The second-order valence-electron chi connectivity index (χ2n) is 6.78. The van der Waals surface area contributed by atoms with Gasteiger partial charge in [0.1, 0.15) is 0 Å². The molecule has 0 aromatic heterocycles. The molecule has 0 saturated heterocycles. The molecule has 8 atom stereocenters. The molecule has 0 spiro atoms. The van der Waals surface area contributed by atoms with Crippen LogP contribution in [0.25, 0.3) is 0 Å². The zero-order valence-corrected chi connectivity index (χ0v) is 13.9. The summed E-state index contributed by atoms with van der Waals surface area (Å²) >= 11 is 5.40. The van der Waals surface area contributed by atoms with Crippen LogP contribution in [0.1, 0.15) is 38.5 Å². The lowest BCUT2D eigenvalue weighted by Gasteiger charge is -2.54. The Morgan fingerprint density at radius 2 is 0.938 bits per heavy atom. The first-order chi connectivity index (χ1) is 7.72. The largest absolute Gasteiger partial charge is 0.0826 e. The molecule has 4 fully saturated rings. The fourth-order valence-electron chi connectivity index (χ4n) is 5.41. The van der Waals surface area contributed by atoms with Crippen LogP contribution < -0.4 is 0 Å². The van der Waals surface area contributed by atoms with E-state index < -0.39 is 0 Å². The molecule has 0 amide bonds. The van der Waals surface area contributed by atoms with Gasteiger partial charge in [0.05, 0.1) is 0 Å². The predicted molar refractivity (Wildman–Crippen MR) is 84.3 cm³/mol. The first-order valence-corrected chi connectivity index (χ1v) is 9.49. The molecule has 0 aromatic rings. The minimum Gasteiger partial charge on any atom is -0.0826 e. The Balaban J connectivity index is 1.42. The third-order valence-corrected chi connectivity index (χ3v) is 8.22. The number of halogens is 2. The lowest BCUT2D eigenvalue weighted by Crippen LogP contribution is -2.47. The molecule has 5 unspecified atom stereocenters. The minimum atomic E-state index is 1.02. The Kier molecular flexibility index (Phi) is 2.81. The minimum absolute atomic E-state index is 1.02. The summed E-state index contributed by atoms with van der Waals surface area (Å²) in [6, 6.07) is 0. The normalized spacial score (nSPS) is 63.4. The van der Waals surface area contributed by atoms with Gasteiger partial charge in [0.15, 0.2) is 0 Å². The average Bonchev–Trinajstić information content (AvgIpc) is 2.65. The van der Waals surface area contributed by atoms with Gasteiger partial charge in [0, 0.05) is 7.85 Å². The van der Waals surface area contributed by atoms with Gasteiger partial charge in [-0.2, -0.15) is 0 Å². The predicted octanol–water partition coefficient (Wildman–Crippen LogP) is 4.69. The van der Waals surface area contributed by atoms with Crippen molar-refractivity contribution in [2.24, 2.45) is 35.5 Å². The van der Waals surface area contributed by atoms with Crippen LogP contribution in [0.2, 0.25) is 0 Å². The third kappa shape index (κ3) is 1.56. The molecule has 0 nitrogen and oxygen atoms in total. The highest BCUT2D eigenvalue weighted by Crippen LogP contribution is 2.64. The molecule has 4 aliphatic carbocycles. The molecule has 0 radical (unpaired) electrons. The van der Waals surface area contributed by atoms with Gasteiger partial charge in [-0.1, -0.05) is 45.2 Å². The van der Waals surface area contributed by atoms with Gasteiger partial charge in [-0.25, -0.2) is 0 Å². The van der Waals surface area contributed by atoms with E-state index in [-0.39, 0.29) is 0 Å².